The molecule has 26 heavy (non-hydrogen) atoms. The molecule has 3 amide bonds. The summed E-state index contributed by atoms with van der Waals surface area (Å²) < 4.78 is 15.4. The van der Waals surface area contributed by atoms with E-state index in [1.54, 1.807) is 18.2 Å². The van der Waals surface area contributed by atoms with Gasteiger partial charge in [-0.05, 0) is 30.7 Å². The van der Waals surface area contributed by atoms with Crippen LogP contribution in [0.3, 0.4) is 0 Å². The van der Waals surface area contributed by atoms with Gasteiger partial charge in [-0.25, -0.2) is 9.69 Å². The molecule has 0 spiro atoms. The maximum absolute atomic E-state index is 12.3. The highest BCUT2D eigenvalue weighted by atomic mass is 16.5. The number of benzene rings is 1. The number of imide groups is 1. The minimum Gasteiger partial charge on any atom is -0.490 e. The van der Waals surface area contributed by atoms with E-state index in [1.807, 2.05) is 6.92 Å². The fraction of sp³-hybridized carbons (Fsp3) is 0.278. The zero-order valence-corrected chi connectivity index (χ0v) is 14.4. The first-order valence-corrected chi connectivity index (χ1v) is 7.74. The van der Waals surface area contributed by atoms with Crippen LogP contribution in [0.2, 0.25) is 0 Å². The Bertz CT molecular complexity index is 793. The molecule has 0 saturated carbocycles. The molecule has 2 rings (SSSR count). The number of nitrogens with zero attached hydrogens (tertiary/aromatic N) is 1. The molecule has 0 aromatic heterocycles. The van der Waals surface area contributed by atoms with Gasteiger partial charge >= 0.3 is 12.0 Å². The number of ether oxygens (including phenoxy) is 3. The van der Waals surface area contributed by atoms with Gasteiger partial charge in [0, 0.05) is 0 Å². The van der Waals surface area contributed by atoms with Crippen molar-refractivity contribution in [3.05, 3.63) is 29.5 Å². The number of nitrogens with one attached hydrogen (secondary N) is 1. The van der Waals surface area contributed by atoms with Crippen molar-refractivity contribution in [2.45, 2.75) is 6.92 Å². The van der Waals surface area contributed by atoms with Gasteiger partial charge in [-0.15, -0.1) is 6.42 Å². The third-order valence-electron chi connectivity index (χ3n) is 3.37. The fourth-order valence-corrected chi connectivity index (χ4v) is 2.20. The van der Waals surface area contributed by atoms with Crippen LogP contribution in [0.4, 0.5) is 4.79 Å². The molecule has 0 radical (unpaired) electrons. The van der Waals surface area contributed by atoms with Crippen LogP contribution in [0.15, 0.2) is 23.9 Å². The number of urea groups is 1. The summed E-state index contributed by atoms with van der Waals surface area (Å²) >= 11 is 0. The Morgan fingerprint density at radius 3 is 2.73 bits per heavy atom. The molecule has 136 valence electrons. The van der Waals surface area contributed by atoms with Gasteiger partial charge in [-0.2, -0.15) is 0 Å². The van der Waals surface area contributed by atoms with Crippen molar-refractivity contribution < 1.29 is 28.6 Å². The highest BCUT2D eigenvalue weighted by molar-refractivity contribution is 6.15. The second-order valence-corrected chi connectivity index (χ2v) is 5.09. The molecule has 8 nitrogen and oxygen atoms in total. The van der Waals surface area contributed by atoms with Gasteiger partial charge in [0.05, 0.1) is 13.7 Å². The second kappa shape index (κ2) is 8.58. The lowest BCUT2D eigenvalue weighted by molar-refractivity contribution is -0.143. The molecule has 0 atom stereocenters. The predicted molar refractivity (Wildman–Crippen MR) is 92.2 cm³/mol. The first-order chi connectivity index (χ1) is 12.5. The van der Waals surface area contributed by atoms with E-state index in [1.165, 1.54) is 13.2 Å². The van der Waals surface area contributed by atoms with Crippen LogP contribution in [0.5, 0.6) is 11.5 Å². The predicted octanol–water partition coefficient (Wildman–Crippen LogP) is 1.16. The lowest BCUT2D eigenvalue weighted by Gasteiger charge is -2.11. The van der Waals surface area contributed by atoms with Crippen LogP contribution in [0, 0.1) is 12.3 Å². The normalized spacial score (nSPS) is 14.8. The Morgan fingerprint density at radius 1 is 1.31 bits per heavy atom. The zero-order valence-electron chi connectivity index (χ0n) is 14.4. The molecule has 0 aliphatic carbocycles. The van der Waals surface area contributed by atoms with Gasteiger partial charge in [0.2, 0.25) is 0 Å². The first-order valence-electron chi connectivity index (χ1n) is 7.74. The van der Waals surface area contributed by atoms with E-state index in [4.69, 9.17) is 15.9 Å². The average molecular weight is 358 g/mol. The molecule has 1 N–H and O–H groups in total. The third kappa shape index (κ3) is 4.33. The van der Waals surface area contributed by atoms with Gasteiger partial charge in [0.25, 0.3) is 5.91 Å². The summed E-state index contributed by atoms with van der Waals surface area (Å²) in [6, 6.07) is 4.31. The maximum atomic E-state index is 12.3. The smallest absolute Gasteiger partial charge is 0.329 e. The number of amides is 3. The topological polar surface area (TPSA) is 94.2 Å². The van der Waals surface area contributed by atoms with Crippen molar-refractivity contribution >= 4 is 24.0 Å². The van der Waals surface area contributed by atoms with Crippen molar-refractivity contribution in [3.63, 3.8) is 0 Å². The Hall–Kier alpha value is -3.47. The number of esters is 1. The molecule has 1 heterocycles. The van der Waals surface area contributed by atoms with Gasteiger partial charge in [-0.1, -0.05) is 12.0 Å². The maximum Gasteiger partial charge on any atom is 0.329 e. The van der Waals surface area contributed by atoms with Crippen LogP contribution >= 0.6 is 0 Å². The SMILES string of the molecule is C#CCOc1ccc(/C=C2/NC(=O)N(CC(=O)OC)C2=O)cc1OCC. The summed E-state index contributed by atoms with van der Waals surface area (Å²) in [7, 11) is 1.18. The molecular formula is C18H18N2O6. The number of hydrogen-bond acceptors (Lipinski definition) is 6. The number of methoxy groups -OCH3 is 1. The number of carbonyl (C=O) groups excluding carboxylic acids is 3. The van der Waals surface area contributed by atoms with E-state index in [-0.39, 0.29) is 12.3 Å². The third-order valence-corrected chi connectivity index (χ3v) is 3.37. The Morgan fingerprint density at radius 2 is 2.08 bits per heavy atom. The van der Waals surface area contributed by atoms with Gasteiger partial charge in [-0.3, -0.25) is 9.59 Å². The quantitative estimate of drug-likeness (QED) is 0.340. The Kier molecular flexibility index (Phi) is 6.22. The highest BCUT2D eigenvalue weighted by Gasteiger charge is 2.35. The summed E-state index contributed by atoms with van der Waals surface area (Å²) in [4.78, 5) is 36.2. The van der Waals surface area contributed by atoms with E-state index in [2.05, 4.69) is 16.0 Å². The molecule has 1 aromatic rings. The zero-order chi connectivity index (χ0) is 19.1. The Balaban J connectivity index is 2.24. The monoisotopic (exact) mass is 358 g/mol. The lowest BCUT2D eigenvalue weighted by Crippen LogP contribution is -2.36. The van der Waals surface area contributed by atoms with E-state index in [9.17, 15) is 14.4 Å². The van der Waals surface area contributed by atoms with Gasteiger partial charge in [0.1, 0.15) is 18.8 Å². The summed E-state index contributed by atoms with van der Waals surface area (Å²) in [5.41, 5.74) is 0.642. The van der Waals surface area contributed by atoms with Gasteiger partial charge in [0.15, 0.2) is 11.5 Å². The van der Waals surface area contributed by atoms with Crippen LogP contribution < -0.4 is 14.8 Å². The summed E-state index contributed by atoms with van der Waals surface area (Å²) in [6.45, 7) is 1.87. The molecule has 1 fully saturated rings. The van der Waals surface area contributed by atoms with Crippen molar-refractivity contribution in [2.24, 2.45) is 0 Å². The highest BCUT2D eigenvalue weighted by Crippen LogP contribution is 2.29. The van der Waals surface area contributed by atoms with E-state index < -0.39 is 24.5 Å². The molecule has 1 aliphatic heterocycles. The van der Waals surface area contributed by atoms with Crippen LogP contribution in [0.1, 0.15) is 12.5 Å². The largest absolute Gasteiger partial charge is 0.490 e. The van der Waals surface area contributed by atoms with Crippen LogP contribution in [0.25, 0.3) is 6.08 Å². The molecule has 0 unspecified atom stereocenters. The van der Waals surface area contributed by atoms with Crippen LogP contribution in [-0.2, 0) is 14.3 Å². The minimum absolute atomic E-state index is 0.0404. The standard InChI is InChI=1S/C18H18N2O6/c1-4-8-26-14-7-6-12(10-15(14)25-5-2)9-13-17(22)20(18(23)19-13)11-16(21)24-3/h1,6-7,9-10H,5,8,11H2,2-3H3,(H,19,23)/b13-9+. The molecule has 1 aliphatic rings. The molecule has 1 saturated heterocycles. The number of carbonyl (C=O) groups is 3. The van der Waals surface area contributed by atoms with Gasteiger partial charge < -0.3 is 19.5 Å². The molecule has 1 aromatic carbocycles. The second-order valence-electron chi connectivity index (χ2n) is 5.09. The number of terminal acetylenes is 1. The minimum atomic E-state index is -0.691. The van der Waals surface area contributed by atoms with Crippen molar-refractivity contribution in [1.82, 2.24) is 10.2 Å². The van der Waals surface area contributed by atoms with E-state index in [0.29, 0.717) is 23.7 Å². The number of rotatable bonds is 7. The number of hydrogen-bond donors (Lipinski definition) is 1. The Labute approximate surface area is 150 Å². The average Bonchev–Trinajstić information content (AvgIpc) is 2.88. The van der Waals surface area contributed by atoms with E-state index >= 15 is 0 Å². The van der Waals surface area contributed by atoms with Crippen molar-refractivity contribution in [1.29, 1.82) is 0 Å². The summed E-state index contributed by atoms with van der Waals surface area (Å²) in [6.07, 6.45) is 6.66. The first kappa shape index (κ1) is 18.9. The summed E-state index contributed by atoms with van der Waals surface area (Å²) in [5, 5.41) is 2.42. The lowest BCUT2D eigenvalue weighted by atomic mass is 10.1. The fourth-order valence-electron chi connectivity index (χ4n) is 2.20. The molecule has 8 heteroatoms. The molecule has 0 bridgehead atoms. The summed E-state index contributed by atoms with van der Waals surface area (Å²) in [5.74, 6) is 1.99. The van der Waals surface area contributed by atoms with Crippen molar-refractivity contribution in [2.75, 3.05) is 26.9 Å². The van der Waals surface area contributed by atoms with Crippen molar-refractivity contribution in [3.8, 4) is 23.8 Å². The van der Waals surface area contributed by atoms with E-state index in [0.717, 1.165) is 4.90 Å². The van der Waals surface area contributed by atoms with Crippen LogP contribution in [-0.4, -0.2) is 49.7 Å². The molecular weight excluding hydrogens is 340 g/mol.